The van der Waals surface area contributed by atoms with Crippen molar-refractivity contribution in [1.29, 1.82) is 0 Å². The monoisotopic (exact) mass is 288 g/mol. The third-order valence-corrected chi connectivity index (χ3v) is 4.08. The second-order valence-electron chi connectivity index (χ2n) is 5.80. The molecular weight excluding hydrogens is 264 g/mol. The molecule has 1 N–H and O–H groups in total. The predicted octanol–water partition coefficient (Wildman–Crippen LogP) is 2.69. The van der Waals surface area contributed by atoms with Gasteiger partial charge in [0.2, 0.25) is 5.91 Å². The maximum atomic E-state index is 12.6. The van der Waals surface area contributed by atoms with Gasteiger partial charge in [-0.3, -0.25) is 14.5 Å². The van der Waals surface area contributed by atoms with Gasteiger partial charge in [0.15, 0.2) is 0 Å². The van der Waals surface area contributed by atoms with Crippen LogP contribution in [0.2, 0.25) is 0 Å². The molecule has 1 aromatic carbocycles. The first-order valence-corrected chi connectivity index (χ1v) is 7.65. The van der Waals surface area contributed by atoms with E-state index in [1.165, 1.54) is 0 Å². The van der Waals surface area contributed by atoms with Gasteiger partial charge < -0.3 is 5.32 Å². The fourth-order valence-corrected chi connectivity index (χ4v) is 2.90. The van der Waals surface area contributed by atoms with Crippen LogP contribution in [0, 0.1) is 13.8 Å². The molecule has 0 radical (unpaired) electrons. The summed E-state index contributed by atoms with van der Waals surface area (Å²) in [6.07, 6.45) is 1.88. The molecule has 0 saturated carbocycles. The predicted molar refractivity (Wildman–Crippen MR) is 84.4 cm³/mol. The molecule has 4 nitrogen and oxygen atoms in total. The highest BCUT2D eigenvalue weighted by Gasteiger charge is 2.32. The topological polar surface area (TPSA) is 49.4 Å². The zero-order valence-electron chi connectivity index (χ0n) is 13.1. The van der Waals surface area contributed by atoms with E-state index in [9.17, 15) is 9.59 Å². The van der Waals surface area contributed by atoms with Gasteiger partial charge in [0, 0.05) is 25.1 Å². The van der Waals surface area contributed by atoms with Crippen LogP contribution in [0.25, 0.3) is 0 Å². The minimum atomic E-state index is -0.329. The number of piperidine rings is 1. The van der Waals surface area contributed by atoms with Crippen LogP contribution >= 0.6 is 0 Å². The summed E-state index contributed by atoms with van der Waals surface area (Å²) in [6, 6.07) is 5.62. The molecule has 1 atom stereocenters. The Bertz CT molecular complexity index is 519. The van der Waals surface area contributed by atoms with Crippen LogP contribution in [0.5, 0.6) is 0 Å². The van der Waals surface area contributed by atoms with E-state index in [0.717, 1.165) is 29.8 Å². The number of aryl methyl sites for hydroxylation is 2. The van der Waals surface area contributed by atoms with E-state index in [-0.39, 0.29) is 17.7 Å². The first-order valence-electron chi connectivity index (χ1n) is 7.65. The Balaban J connectivity index is 2.15. The molecule has 0 unspecified atom stereocenters. The number of likely N-dealkylation sites (tertiary alicyclic amines) is 1. The normalized spacial score (nSPS) is 19.6. The van der Waals surface area contributed by atoms with Gasteiger partial charge in [-0.25, -0.2) is 0 Å². The molecule has 1 amide bonds. The number of para-hydroxylation sites is 1. The molecule has 1 saturated heterocycles. The number of carbonyl (C=O) groups is 2. The van der Waals surface area contributed by atoms with Gasteiger partial charge in [0.25, 0.3) is 0 Å². The van der Waals surface area contributed by atoms with E-state index in [0.29, 0.717) is 19.4 Å². The van der Waals surface area contributed by atoms with Crippen LogP contribution in [-0.2, 0) is 9.59 Å². The molecule has 114 valence electrons. The fourth-order valence-electron chi connectivity index (χ4n) is 2.90. The number of amides is 1. The minimum absolute atomic E-state index is 0.0612. The lowest BCUT2D eigenvalue weighted by atomic mass is 9.99. The van der Waals surface area contributed by atoms with Crippen LogP contribution in [0.1, 0.15) is 37.3 Å². The molecule has 1 aliphatic rings. The van der Waals surface area contributed by atoms with E-state index in [4.69, 9.17) is 0 Å². The highest BCUT2D eigenvalue weighted by molar-refractivity contribution is 5.99. The Kier molecular flexibility index (Phi) is 5.12. The molecule has 0 aliphatic carbocycles. The average molecular weight is 288 g/mol. The van der Waals surface area contributed by atoms with Crippen molar-refractivity contribution in [2.75, 3.05) is 18.4 Å². The van der Waals surface area contributed by atoms with Crippen molar-refractivity contribution in [3.63, 3.8) is 0 Å². The van der Waals surface area contributed by atoms with Crippen molar-refractivity contribution < 1.29 is 9.59 Å². The highest BCUT2D eigenvalue weighted by atomic mass is 16.2. The Morgan fingerprint density at radius 1 is 1.33 bits per heavy atom. The summed E-state index contributed by atoms with van der Waals surface area (Å²) in [5.41, 5.74) is 2.97. The lowest BCUT2D eigenvalue weighted by molar-refractivity contribution is -0.131. The molecule has 0 bridgehead atoms. The van der Waals surface area contributed by atoms with Gasteiger partial charge in [-0.1, -0.05) is 25.1 Å². The summed E-state index contributed by atoms with van der Waals surface area (Å²) in [7, 11) is 0. The van der Waals surface area contributed by atoms with E-state index >= 15 is 0 Å². The van der Waals surface area contributed by atoms with Crippen molar-refractivity contribution >= 4 is 17.4 Å². The number of nitrogens with zero attached hydrogens (tertiary/aromatic N) is 1. The number of anilines is 1. The van der Waals surface area contributed by atoms with Crippen molar-refractivity contribution in [1.82, 2.24) is 4.90 Å². The first-order chi connectivity index (χ1) is 10.0. The second kappa shape index (κ2) is 6.85. The first kappa shape index (κ1) is 15.7. The van der Waals surface area contributed by atoms with Gasteiger partial charge >= 0.3 is 0 Å². The van der Waals surface area contributed by atoms with Crippen LogP contribution in [0.15, 0.2) is 18.2 Å². The third-order valence-electron chi connectivity index (χ3n) is 4.08. The van der Waals surface area contributed by atoms with E-state index in [1.807, 2.05) is 32.0 Å². The Labute approximate surface area is 126 Å². The maximum Gasteiger partial charge on any atom is 0.242 e. The molecule has 1 fully saturated rings. The molecule has 0 aromatic heterocycles. The number of Topliss-reactive ketones (excluding diaryl/α,β-unsaturated/α-hetero) is 1. The summed E-state index contributed by atoms with van der Waals surface area (Å²) in [5, 5.41) is 3.02. The van der Waals surface area contributed by atoms with Crippen LogP contribution in [0.3, 0.4) is 0 Å². The molecule has 4 heteroatoms. The second-order valence-corrected chi connectivity index (χ2v) is 5.80. The lowest BCUT2D eigenvalue weighted by Gasteiger charge is -2.33. The summed E-state index contributed by atoms with van der Waals surface area (Å²) in [6.45, 7) is 7.61. The maximum absolute atomic E-state index is 12.6. The number of rotatable bonds is 4. The minimum Gasteiger partial charge on any atom is -0.324 e. The quantitative estimate of drug-likeness (QED) is 0.926. The van der Waals surface area contributed by atoms with Gasteiger partial charge in [-0.2, -0.15) is 0 Å². The molecule has 0 spiro atoms. The lowest BCUT2D eigenvalue weighted by Crippen LogP contribution is -2.49. The van der Waals surface area contributed by atoms with E-state index in [2.05, 4.69) is 17.1 Å². The molecular formula is C17H24N2O2. The van der Waals surface area contributed by atoms with E-state index < -0.39 is 0 Å². The van der Waals surface area contributed by atoms with Crippen LogP contribution in [-0.4, -0.2) is 35.7 Å². The zero-order chi connectivity index (χ0) is 15.4. The standard InChI is InChI=1S/C17H24N2O2/c1-4-9-19-10-8-14(20)11-15(19)17(21)18-16-12(2)6-5-7-13(16)3/h5-7,15H,4,8-11H2,1-3H3,(H,18,21)/t15-/m0/s1. The number of carbonyl (C=O) groups excluding carboxylic acids is 2. The number of nitrogens with one attached hydrogen (secondary N) is 1. The van der Waals surface area contributed by atoms with Gasteiger partial charge in [0.05, 0.1) is 6.04 Å². The number of hydrogen-bond acceptors (Lipinski definition) is 3. The van der Waals surface area contributed by atoms with Gasteiger partial charge in [-0.15, -0.1) is 0 Å². The smallest absolute Gasteiger partial charge is 0.242 e. The van der Waals surface area contributed by atoms with Gasteiger partial charge in [0.1, 0.15) is 5.78 Å². The largest absolute Gasteiger partial charge is 0.324 e. The van der Waals surface area contributed by atoms with Crippen molar-refractivity contribution in [2.45, 2.75) is 46.1 Å². The summed E-state index contributed by atoms with van der Waals surface area (Å²) < 4.78 is 0. The Hall–Kier alpha value is -1.68. The van der Waals surface area contributed by atoms with E-state index in [1.54, 1.807) is 0 Å². The number of hydrogen-bond donors (Lipinski definition) is 1. The zero-order valence-corrected chi connectivity index (χ0v) is 13.1. The highest BCUT2D eigenvalue weighted by Crippen LogP contribution is 2.22. The summed E-state index contributed by atoms with van der Waals surface area (Å²) in [5.74, 6) is 0.123. The molecule has 21 heavy (non-hydrogen) atoms. The Morgan fingerprint density at radius 3 is 2.62 bits per heavy atom. The SMILES string of the molecule is CCCN1CCC(=O)C[C@H]1C(=O)Nc1c(C)cccc1C. The summed E-state index contributed by atoms with van der Waals surface area (Å²) >= 11 is 0. The average Bonchev–Trinajstić information content (AvgIpc) is 2.45. The van der Waals surface area contributed by atoms with Crippen LogP contribution in [0.4, 0.5) is 5.69 Å². The number of ketones is 1. The molecule has 1 aliphatic heterocycles. The van der Waals surface area contributed by atoms with Crippen molar-refractivity contribution in [3.8, 4) is 0 Å². The number of benzene rings is 1. The van der Waals surface area contributed by atoms with Crippen molar-refractivity contribution in [2.24, 2.45) is 0 Å². The summed E-state index contributed by atoms with van der Waals surface area (Å²) in [4.78, 5) is 26.4. The molecule has 2 rings (SSSR count). The molecule has 1 aromatic rings. The Morgan fingerprint density at radius 2 is 2.00 bits per heavy atom. The van der Waals surface area contributed by atoms with Crippen molar-refractivity contribution in [3.05, 3.63) is 29.3 Å². The molecule has 1 heterocycles. The fraction of sp³-hybridized carbons (Fsp3) is 0.529. The van der Waals surface area contributed by atoms with Crippen LogP contribution < -0.4 is 5.32 Å². The van der Waals surface area contributed by atoms with Gasteiger partial charge in [-0.05, 0) is 37.9 Å². The third kappa shape index (κ3) is 3.70.